The van der Waals surface area contributed by atoms with E-state index < -0.39 is 0 Å². The summed E-state index contributed by atoms with van der Waals surface area (Å²) < 4.78 is 10.7. The number of rotatable bonds is 8. The number of anilines is 1. The zero-order valence-corrected chi connectivity index (χ0v) is 22.3. The van der Waals surface area contributed by atoms with Gasteiger partial charge in [0.25, 0.3) is 5.91 Å². The first-order valence-electron chi connectivity index (χ1n) is 12.6. The summed E-state index contributed by atoms with van der Waals surface area (Å²) in [5.74, 6) is 1.77. The predicted octanol–water partition coefficient (Wildman–Crippen LogP) is 4.39. The van der Waals surface area contributed by atoms with Crippen LogP contribution < -0.4 is 9.64 Å². The Morgan fingerprint density at radius 3 is 2.31 bits per heavy atom. The van der Waals surface area contributed by atoms with E-state index in [9.17, 15) is 9.59 Å². The summed E-state index contributed by atoms with van der Waals surface area (Å²) in [5, 5.41) is 9.34. The highest BCUT2D eigenvalue weighted by molar-refractivity contribution is 6.30. The number of aromatic nitrogens is 2. The highest BCUT2D eigenvalue weighted by Crippen LogP contribution is 2.22. The molecular formula is C29H28ClN5O4. The number of ether oxygens (including phenoxy) is 1. The number of carbonyl (C=O) groups excluding carboxylic acids is 2. The average molecular weight is 546 g/mol. The number of amides is 2. The Kier molecular flexibility index (Phi) is 8.07. The third kappa shape index (κ3) is 6.38. The van der Waals surface area contributed by atoms with Gasteiger partial charge < -0.3 is 23.9 Å². The Labute approximate surface area is 231 Å². The molecule has 3 heterocycles. The molecule has 4 aromatic rings. The number of halogens is 1. The third-order valence-corrected chi connectivity index (χ3v) is 6.88. The lowest BCUT2D eigenvalue weighted by atomic mass is 10.1. The van der Waals surface area contributed by atoms with Crippen LogP contribution in [-0.4, -0.2) is 71.6 Å². The highest BCUT2D eigenvalue weighted by Gasteiger charge is 2.26. The van der Waals surface area contributed by atoms with Crippen LogP contribution in [0.15, 0.2) is 83.5 Å². The molecule has 1 aliphatic heterocycles. The number of hydrogen-bond donors (Lipinski definition) is 0. The van der Waals surface area contributed by atoms with Gasteiger partial charge in [0.05, 0.1) is 25.6 Å². The summed E-state index contributed by atoms with van der Waals surface area (Å²) in [7, 11) is 1.63. The maximum Gasteiger partial charge on any atom is 0.254 e. The topological polar surface area (TPSA) is 92.0 Å². The lowest BCUT2D eigenvalue weighted by molar-refractivity contribution is -0.132. The van der Waals surface area contributed by atoms with Crippen molar-refractivity contribution in [3.05, 3.63) is 95.4 Å². The molecule has 0 bridgehead atoms. The van der Waals surface area contributed by atoms with E-state index in [1.165, 1.54) is 4.90 Å². The number of hydrogen-bond acceptors (Lipinski definition) is 7. The second kappa shape index (κ2) is 12.0. The molecule has 0 atom stereocenters. The van der Waals surface area contributed by atoms with Crippen LogP contribution in [0.1, 0.15) is 16.1 Å². The van der Waals surface area contributed by atoms with Crippen molar-refractivity contribution < 1.29 is 18.7 Å². The van der Waals surface area contributed by atoms with Crippen molar-refractivity contribution in [1.29, 1.82) is 0 Å². The van der Waals surface area contributed by atoms with Gasteiger partial charge in [0.15, 0.2) is 5.82 Å². The van der Waals surface area contributed by atoms with Crippen LogP contribution in [0.2, 0.25) is 5.02 Å². The number of carbonyl (C=O) groups is 2. The van der Waals surface area contributed by atoms with E-state index in [0.29, 0.717) is 42.5 Å². The van der Waals surface area contributed by atoms with Gasteiger partial charge in [-0.2, -0.15) is 0 Å². The zero-order chi connectivity index (χ0) is 27.2. The maximum atomic E-state index is 13.2. The Bertz CT molecular complexity index is 1390. The number of furan rings is 1. The van der Waals surface area contributed by atoms with Crippen LogP contribution >= 0.6 is 11.6 Å². The molecule has 0 spiro atoms. The summed E-state index contributed by atoms with van der Waals surface area (Å²) in [6, 6.07) is 21.7. The largest absolute Gasteiger partial charge is 0.497 e. The Hall–Kier alpha value is -4.37. The summed E-state index contributed by atoms with van der Waals surface area (Å²) in [6.45, 7) is 2.40. The fourth-order valence-corrected chi connectivity index (χ4v) is 4.55. The van der Waals surface area contributed by atoms with Crippen molar-refractivity contribution in [1.82, 2.24) is 20.0 Å². The summed E-state index contributed by atoms with van der Waals surface area (Å²) >= 11 is 5.98. The van der Waals surface area contributed by atoms with E-state index in [2.05, 4.69) is 15.1 Å². The molecule has 2 amide bonds. The van der Waals surface area contributed by atoms with Crippen LogP contribution in [0, 0.1) is 0 Å². The summed E-state index contributed by atoms with van der Waals surface area (Å²) in [6.07, 6.45) is 1.55. The summed E-state index contributed by atoms with van der Waals surface area (Å²) in [4.78, 5) is 31.9. The molecule has 9 nitrogen and oxygen atoms in total. The van der Waals surface area contributed by atoms with Crippen molar-refractivity contribution in [3.8, 4) is 17.0 Å². The molecule has 2 aromatic carbocycles. The van der Waals surface area contributed by atoms with Gasteiger partial charge in [-0.25, -0.2) is 0 Å². The highest BCUT2D eigenvalue weighted by atomic mass is 35.5. The van der Waals surface area contributed by atoms with E-state index in [0.717, 1.165) is 22.8 Å². The minimum absolute atomic E-state index is 0.0570. The first-order valence-corrected chi connectivity index (χ1v) is 13.0. The SMILES string of the molecule is COc1ccc(-c2ccc(N3CCN(C(=O)CN(Cc4ccco4)C(=O)c4ccc(Cl)cc4)CC3)nn2)cc1. The molecule has 1 aliphatic rings. The molecule has 1 saturated heterocycles. The first kappa shape index (κ1) is 26.2. The third-order valence-electron chi connectivity index (χ3n) is 6.62. The lowest BCUT2D eigenvalue weighted by Crippen LogP contribution is -2.52. The standard InChI is InChI=1S/C29H28ClN5O4/c1-38-24-10-6-21(7-11-24)26-12-13-27(32-31-26)33-14-16-34(17-15-33)28(36)20-35(19-25-3-2-18-39-25)29(37)22-4-8-23(30)9-5-22/h2-13,18H,14-17,19-20H2,1H3. The Morgan fingerprint density at radius 1 is 0.949 bits per heavy atom. The van der Waals surface area contributed by atoms with E-state index >= 15 is 0 Å². The molecule has 1 fully saturated rings. The van der Waals surface area contributed by atoms with Gasteiger partial charge in [0.2, 0.25) is 5.91 Å². The predicted molar refractivity (Wildman–Crippen MR) is 148 cm³/mol. The smallest absolute Gasteiger partial charge is 0.254 e. The zero-order valence-electron chi connectivity index (χ0n) is 21.5. The lowest BCUT2D eigenvalue weighted by Gasteiger charge is -2.36. The van der Waals surface area contributed by atoms with E-state index in [-0.39, 0.29) is 24.9 Å². The molecule has 200 valence electrons. The summed E-state index contributed by atoms with van der Waals surface area (Å²) in [5.41, 5.74) is 2.19. The molecule has 0 unspecified atom stereocenters. The Balaban J connectivity index is 1.20. The Morgan fingerprint density at radius 2 is 1.69 bits per heavy atom. The number of methoxy groups -OCH3 is 1. The molecule has 0 N–H and O–H groups in total. The quantitative estimate of drug-likeness (QED) is 0.324. The minimum atomic E-state index is -0.262. The first-order chi connectivity index (χ1) is 19.0. The van der Waals surface area contributed by atoms with Gasteiger partial charge in [-0.1, -0.05) is 11.6 Å². The molecule has 2 aromatic heterocycles. The molecule has 10 heteroatoms. The van der Waals surface area contributed by atoms with Crippen molar-refractivity contribution in [2.24, 2.45) is 0 Å². The van der Waals surface area contributed by atoms with Gasteiger partial charge in [0, 0.05) is 42.3 Å². The normalized spacial score (nSPS) is 13.3. The van der Waals surface area contributed by atoms with E-state index in [1.807, 2.05) is 36.4 Å². The van der Waals surface area contributed by atoms with Crippen molar-refractivity contribution in [2.75, 3.05) is 44.7 Å². The second-order valence-corrected chi connectivity index (χ2v) is 9.56. The van der Waals surface area contributed by atoms with Crippen molar-refractivity contribution in [3.63, 3.8) is 0 Å². The fourth-order valence-electron chi connectivity index (χ4n) is 4.42. The maximum absolute atomic E-state index is 13.2. The molecule has 5 rings (SSSR count). The fraction of sp³-hybridized carbons (Fsp3) is 0.241. The van der Waals surface area contributed by atoms with Crippen LogP contribution in [0.3, 0.4) is 0 Å². The van der Waals surface area contributed by atoms with Crippen molar-refractivity contribution >= 4 is 29.2 Å². The van der Waals surface area contributed by atoms with Gasteiger partial charge in [-0.3, -0.25) is 9.59 Å². The number of nitrogens with zero attached hydrogens (tertiary/aromatic N) is 5. The molecule has 0 radical (unpaired) electrons. The van der Waals surface area contributed by atoms with Gasteiger partial charge in [-0.05, 0) is 72.8 Å². The van der Waals surface area contributed by atoms with E-state index in [4.69, 9.17) is 20.8 Å². The monoisotopic (exact) mass is 545 g/mol. The second-order valence-electron chi connectivity index (χ2n) is 9.12. The van der Waals surface area contributed by atoms with Crippen LogP contribution in [-0.2, 0) is 11.3 Å². The number of benzene rings is 2. The molecule has 0 aliphatic carbocycles. The van der Waals surface area contributed by atoms with Gasteiger partial charge in [-0.15, -0.1) is 10.2 Å². The number of piperazine rings is 1. The van der Waals surface area contributed by atoms with Gasteiger partial charge in [0.1, 0.15) is 18.1 Å². The molecule has 0 saturated carbocycles. The van der Waals surface area contributed by atoms with E-state index in [1.54, 1.807) is 54.7 Å². The molecular weight excluding hydrogens is 518 g/mol. The van der Waals surface area contributed by atoms with Gasteiger partial charge >= 0.3 is 0 Å². The average Bonchev–Trinajstić information content (AvgIpc) is 3.50. The van der Waals surface area contributed by atoms with Crippen LogP contribution in [0.25, 0.3) is 11.3 Å². The minimum Gasteiger partial charge on any atom is -0.497 e. The van der Waals surface area contributed by atoms with Crippen LogP contribution in [0.5, 0.6) is 5.75 Å². The molecule has 39 heavy (non-hydrogen) atoms. The van der Waals surface area contributed by atoms with Crippen molar-refractivity contribution in [2.45, 2.75) is 6.54 Å². The van der Waals surface area contributed by atoms with Crippen LogP contribution in [0.4, 0.5) is 5.82 Å².